The monoisotopic (exact) mass is 546 g/mol. The van der Waals surface area contributed by atoms with E-state index < -0.39 is 8.32 Å². The molecule has 1 saturated heterocycles. The molecule has 0 N–H and O–H groups in total. The molecule has 0 aliphatic carbocycles. The van der Waals surface area contributed by atoms with Crippen molar-refractivity contribution < 1.29 is 9.16 Å². The van der Waals surface area contributed by atoms with Gasteiger partial charge in [0, 0.05) is 0 Å². The van der Waals surface area contributed by atoms with Gasteiger partial charge in [0.05, 0.1) is 18.8 Å². The number of rotatable bonds is 9. The minimum atomic E-state index is -2.57. The highest BCUT2D eigenvalue weighted by molar-refractivity contribution is 6.99. The van der Waals surface area contributed by atoms with Crippen LogP contribution in [0.5, 0.6) is 0 Å². The van der Waals surface area contributed by atoms with Crippen molar-refractivity contribution in [3.05, 3.63) is 144 Å². The smallest absolute Gasteiger partial charge is 0.261 e. The van der Waals surface area contributed by atoms with Crippen molar-refractivity contribution in [2.45, 2.75) is 63.7 Å². The second-order valence-corrected chi connectivity index (χ2v) is 16.2. The second kappa shape index (κ2) is 12.9. The minimum absolute atomic E-state index is 0.0331. The summed E-state index contributed by atoms with van der Waals surface area (Å²) in [6, 6.07) is 43.3. The fourth-order valence-corrected chi connectivity index (χ4v) is 10.7. The van der Waals surface area contributed by atoms with Gasteiger partial charge in [0.1, 0.15) is 0 Å². The third kappa shape index (κ3) is 6.55. The zero-order chi connectivity index (χ0) is 27.8. The van der Waals surface area contributed by atoms with Gasteiger partial charge in [-0.25, -0.2) is 0 Å². The summed E-state index contributed by atoms with van der Waals surface area (Å²) >= 11 is 0. The summed E-state index contributed by atoms with van der Waals surface area (Å²) in [5.41, 5.74) is 4.07. The summed E-state index contributed by atoms with van der Waals surface area (Å²) in [5, 5.41) is 2.61. The molecule has 0 aromatic heterocycles. The predicted molar refractivity (Wildman–Crippen MR) is 170 cm³/mol. The van der Waals surface area contributed by atoms with E-state index >= 15 is 0 Å². The van der Waals surface area contributed by atoms with Crippen LogP contribution in [0.2, 0.25) is 5.04 Å². The quantitative estimate of drug-likeness (QED) is 0.156. The standard InChI is InChI=1S/C37H42O2Si/c1-37(2,3)40(34-20-12-6-13-21-34,35-22-14-7-15-23-35)38-27-26-31-28-33(25-24-30-16-8-4-9-17-30)39-36(29-31)32-18-10-5-11-19-32/h4-23,26,33,36H,24-25,27-29H2,1-3H3/b31-26-/t33-,36-/m1/s1. The van der Waals surface area contributed by atoms with Crippen LogP contribution in [0.4, 0.5) is 0 Å². The molecule has 1 aliphatic heterocycles. The molecule has 1 heterocycles. The average molecular weight is 547 g/mol. The summed E-state index contributed by atoms with van der Waals surface area (Å²) < 4.78 is 13.9. The van der Waals surface area contributed by atoms with Crippen molar-refractivity contribution in [3.63, 3.8) is 0 Å². The van der Waals surface area contributed by atoms with Crippen molar-refractivity contribution in [1.82, 2.24) is 0 Å². The molecule has 1 aliphatic rings. The summed E-state index contributed by atoms with van der Waals surface area (Å²) in [6.45, 7) is 7.62. The van der Waals surface area contributed by atoms with Crippen molar-refractivity contribution in [1.29, 1.82) is 0 Å². The lowest BCUT2D eigenvalue weighted by molar-refractivity contribution is -0.0365. The Hall–Kier alpha value is -3.24. The number of hydrogen-bond donors (Lipinski definition) is 0. The summed E-state index contributed by atoms with van der Waals surface area (Å²) in [5.74, 6) is 0. The number of hydrogen-bond acceptors (Lipinski definition) is 2. The third-order valence-electron chi connectivity index (χ3n) is 8.15. The van der Waals surface area contributed by atoms with Gasteiger partial charge >= 0.3 is 0 Å². The molecule has 0 bridgehead atoms. The van der Waals surface area contributed by atoms with Gasteiger partial charge in [-0.15, -0.1) is 0 Å². The van der Waals surface area contributed by atoms with E-state index in [1.807, 2.05) is 0 Å². The van der Waals surface area contributed by atoms with Crippen LogP contribution in [0.15, 0.2) is 133 Å². The third-order valence-corrected chi connectivity index (χ3v) is 13.2. The summed E-state index contributed by atoms with van der Waals surface area (Å²) in [6.07, 6.45) is 6.55. The van der Waals surface area contributed by atoms with Crippen LogP contribution in [0.25, 0.3) is 0 Å². The van der Waals surface area contributed by atoms with E-state index in [0.29, 0.717) is 6.61 Å². The Kier molecular flexibility index (Phi) is 9.16. The zero-order valence-corrected chi connectivity index (χ0v) is 25.1. The normalized spacial score (nSPS) is 19.0. The highest BCUT2D eigenvalue weighted by atomic mass is 28.4. The lowest BCUT2D eigenvalue weighted by Crippen LogP contribution is -2.66. The Morgan fingerprint density at radius 3 is 1.80 bits per heavy atom. The maximum atomic E-state index is 7.20. The molecule has 40 heavy (non-hydrogen) atoms. The lowest BCUT2D eigenvalue weighted by Gasteiger charge is -2.43. The Morgan fingerprint density at radius 1 is 0.725 bits per heavy atom. The molecule has 4 aromatic rings. The molecule has 3 heteroatoms. The fraction of sp³-hybridized carbons (Fsp3) is 0.297. The van der Waals surface area contributed by atoms with Crippen molar-refractivity contribution in [3.8, 4) is 0 Å². The van der Waals surface area contributed by atoms with E-state index in [-0.39, 0.29) is 17.2 Å². The molecule has 1 fully saturated rings. The van der Waals surface area contributed by atoms with Gasteiger partial charge in [0.15, 0.2) is 0 Å². The Labute approximate surface area is 241 Å². The topological polar surface area (TPSA) is 18.5 Å². The Bertz CT molecular complexity index is 1310. The first-order valence-corrected chi connectivity index (χ1v) is 16.5. The first-order valence-electron chi connectivity index (χ1n) is 14.6. The van der Waals surface area contributed by atoms with Gasteiger partial charge in [0.25, 0.3) is 8.32 Å². The molecule has 4 aromatic carbocycles. The van der Waals surface area contributed by atoms with Gasteiger partial charge in [-0.1, -0.05) is 154 Å². The SMILES string of the molecule is CC(C)(C)[Si](OC/C=C1/C[C@@H](CCc2ccccc2)O[C@@H](c2ccccc2)C1)(c1ccccc1)c1ccccc1. The van der Waals surface area contributed by atoms with Gasteiger partial charge in [-0.05, 0) is 52.2 Å². The highest BCUT2D eigenvalue weighted by Crippen LogP contribution is 2.38. The van der Waals surface area contributed by atoms with Crippen molar-refractivity contribution in [2.75, 3.05) is 6.61 Å². The average Bonchev–Trinajstić information content (AvgIpc) is 2.99. The van der Waals surface area contributed by atoms with E-state index in [1.165, 1.54) is 27.1 Å². The largest absolute Gasteiger partial charge is 0.404 e. The Balaban J connectivity index is 1.41. The zero-order valence-electron chi connectivity index (χ0n) is 24.1. The summed E-state index contributed by atoms with van der Waals surface area (Å²) in [4.78, 5) is 0. The van der Waals surface area contributed by atoms with Crippen LogP contribution in [-0.4, -0.2) is 21.0 Å². The van der Waals surface area contributed by atoms with E-state index in [1.54, 1.807) is 0 Å². The van der Waals surface area contributed by atoms with Crippen LogP contribution in [-0.2, 0) is 15.6 Å². The molecule has 0 unspecified atom stereocenters. The van der Waals surface area contributed by atoms with Crippen LogP contribution >= 0.6 is 0 Å². The second-order valence-electron chi connectivity index (χ2n) is 11.9. The molecular formula is C37H42O2Si. The minimum Gasteiger partial charge on any atom is -0.404 e. The Morgan fingerprint density at radius 2 is 1.25 bits per heavy atom. The molecule has 0 saturated carbocycles. The maximum absolute atomic E-state index is 7.20. The highest BCUT2D eigenvalue weighted by Gasteiger charge is 2.50. The van der Waals surface area contributed by atoms with Crippen molar-refractivity contribution in [2.24, 2.45) is 0 Å². The molecular weight excluding hydrogens is 504 g/mol. The summed E-state index contributed by atoms with van der Waals surface area (Å²) in [7, 11) is -2.57. The molecule has 5 rings (SSSR count). The van der Waals surface area contributed by atoms with E-state index in [0.717, 1.165) is 25.7 Å². The number of aryl methyl sites for hydroxylation is 1. The molecule has 2 nitrogen and oxygen atoms in total. The predicted octanol–water partition coefficient (Wildman–Crippen LogP) is 8.04. The number of benzene rings is 4. The van der Waals surface area contributed by atoms with Gasteiger partial charge in [-0.3, -0.25) is 0 Å². The fourth-order valence-electron chi connectivity index (χ4n) is 6.16. The van der Waals surface area contributed by atoms with Crippen LogP contribution in [0, 0.1) is 0 Å². The van der Waals surface area contributed by atoms with Gasteiger partial charge in [0.2, 0.25) is 0 Å². The molecule has 206 valence electrons. The number of ether oxygens (including phenoxy) is 1. The van der Waals surface area contributed by atoms with E-state index in [9.17, 15) is 0 Å². The first-order chi connectivity index (χ1) is 19.5. The molecule has 0 amide bonds. The van der Waals surface area contributed by atoms with Crippen molar-refractivity contribution >= 4 is 18.7 Å². The van der Waals surface area contributed by atoms with Gasteiger partial charge in [-0.2, -0.15) is 0 Å². The van der Waals surface area contributed by atoms with E-state index in [2.05, 4.69) is 148 Å². The maximum Gasteiger partial charge on any atom is 0.261 e. The molecule has 2 atom stereocenters. The van der Waals surface area contributed by atoms with Crippen LogP contribution in [0.3, 0.4) is 0 Å². The van der Waals surface area contributed by atoms with Gasteiger partial charge < -0.3 is 9.16 Å². The molecule has 0 radical (unpaired) electrons. The first kappa shape index (κ1) is 28.3. The van der Waals surface area contributed by atoms with Crippen LogP contribution in [0.1, 0.15) is 57.3 Å². The van der Waals surface area contributed by atoms with Crippen LogP contribution < -0.4 is 10.4 Å². The van der Waals surface area contributed by atoms with E-state index in [4.69, 9.17) is 9.16 Å². The lowest BCUT2D eigenvalue weighted by atomic mass is 9.91. The molecule has 0 spiro atoms.